The Bertz CT molecular complexity index is 2280. The molecule has 0 radical (unpaired) electrons. The predicted molar refractivity (Wildman–Crippen MR) is 231 cm³/mol. The minimum atomic E-state index is -0.432. The van der Waals surface area contributed by atoms with Crippen molar-refractivity contribution in [1.29, 1.82) is 0 Å². The van der Waals surface area contributed by atoms with Gasteiger partial charge in [-0.25, -0.2) is 8.78 Å². The van der Waals surface area contributed by atoms with E-state index < -0.39 is 11.6 Å². The van der Waals surface area contributed by atoms with Gasteiger partial charge in [0.1, 0.15) is 23.1 Å². The largest absolute Gasteiger partial charge is 0.508 e. The van der Waals surface area contributed by atoms with Crippen molar-refractivity contribution in [2.24, 2.45) is 0 Å². The van der Waals surface area contributed by atoms with Crippen molar-refractivity contribution in [3.8, 4) is 11.5 Å². The van der Waals surface area contributed by atoms with Crippen LogP contribution in [0.2, 0.25) is 0 Å². The van der Waals surface area contributed by atoms with Crippen LogP contribution in [0, 0.1) is 11.6 Å². The molecule has 6 aromatic carbocycles. The number of halogens is 3. The van der Waals surface area contributed by atoms with Crippen molar-refractivity contribution in [3.63, 3.8) is 0 Å². The van der Waals surface area contributed by atoms with Gasteiger partial charge in [-0.2, -0.15) is 0 Å². The zero-order valence-electron chi connectivity index (χ0n) is 33.2. The van der Waals surface area contributed by atoms with Crippen LogP contribution in [0.25, 0.3) is 0 Å². The first-order chi connectivity index (χ1) is 27.9. The summed E-state index contributed by atoms with van der Waals surface area (Å²) in [5.41, 5.74) is 5.18. The third-order valence-corrected chi connectivity index (χ3v) is 11.0. The summed E-state index contributed by atoms with van der Waals surface area (Å²) < 4.78 is 28.2. The molecule has 1 fully saturated rings. The Hall–Kier alpha value is -6.07. The molecule has 2 N–H and O–H groups in total. The number of carbonyl (C=O) groups is 2. The number of phenolic OH excluding ortho intramolecular Hbond substituents is 2. The molecule has 4 atom stereocenters. The molecule has 0 saturated carbocycles. The zero-order chi connectivity index (χ0) is 41.1. The van der Waals surface area contributed by atoms with E-state index >= 15 is 0 Å². The molecule has 7 rings (SSSR count). The normalized spacial score (nSPS) is 16.7. The summed E-state index contributed by atoms with van der Waals surface area (Å²) in [5, 5.41) is 21.3. The van der Waals surface area contributed by atoms with Gasteiger partial charge in [0.05, 0.1) is 12.1 Å². The minimum absolute atomic E-state index is 0. The highest BCUT2D eigenvalue weighted by molar-refractivity contribution is 6.06. The molecule has 0 bridgehead atoms. The van der Waals surface area contributed by atoms with Gasteiger partial charge in [0, 0.05) is 61.8 Å². The van der Waals surface area contributed by atoms with Gasteiger partial charge < -0.3 is 20.0 Å². The van der Waals surface area contributed by atoms with E-state index in [2.05, 4.69) is 23.6 Å². The summed E-state index contributed by atoms with van der Waals surface area (Å²) >= 11 is 0. The molecule has 304 valence electrons. The number of benzene rings is 6. The highest BCUT2D eigenvalue weighted by Gasteiger charge is 2.39. The Morgan fingerprint density at radius 1 is 0.542 bits per heavy atom. The van der Waals surface area contributed by atoms with Gasteiger partial charge in [-0.15, -0.1) is 12.4 Å². The molecule has 59 heavy (non-hydrogen) atoms. The molecule has 0 spiro atoms. The average Bonchev–Trinajstić information content (AvgIpc) is 3.22. The fourth-order valence-corrected chi connectivity index (χ4v) is 8.12. The van der Waals surface area contributed by atoms with E-state index in [1.54, 1.807) is 74.8 Å². The molecule has 1 aliphatic rings. The van der Waals surface area contributed by atoms with Gasteiger partial charge >= 0.3 is 0 Å². The van der Waals surface area contributed by atoms with E-state index in [0.29, 0.717) is 35.6 Å². The van der Waals surface area contributed by atoms with Crippen LogP contribution < -0.4 is 9.80 Å². The van der Waals surface area contributed by atoms with E-state index in [4.69, 9.17) is 0 Å². The number of anilines is 2. The van der Waals surface area contributed by atoms with E-state index in [0.717, 1.165) is 22.3 Å². The summed E-state index contributed by atoms with van der Waals surface area (Å²) in [5.74, 6) is -1.19. The lowest BCUT2D eigenvalue weighted by molar-refractivity contribution is 0.00753. The number of rotatable bonds is 10. The van der Waals surface area contributed by atoms with Gasteiger partial charge in [-0.3, -0.25) is 19.4 Å². The first-order valence-corrected chi connectivity index (χ1v) is 19.2. The molecule has 0 aliphatic carbocycles. The van der Waals surface area contributed by atoms with Gasteiger partial charge in [0.15, 0.2) is 0 Å². The Balaban J connectivity index is 0.00000585. The number of carbonyl (C=O) groups excluding carboxylic acids is 2. The Morgan fingerprint density at radius 3 is 1.24 bits per heavy atom. The van der Waals surface area contributed by atoms with Crippen LogP contribution in [0.3, 0.4) is 0 Å². The second-order valence-corrected chi connectivity index (χ2v) is 15.0. The van der Waals surface area contributed by atoms with Gasteiger partial charge in [-0.1, -0.05) is 60.7 Å². The standard InChI is InChI=1S/C48H46F2N4O4.ClH/c1-31-29-54(46(36-14-8-22-44(56)26-36)34-12-6-16-38(24-34)48(58)52(4)42-20-10-18-40(50)28-42)32(2)30-53(31)45(35-13-7-21-43(55)25-35)33-11-5-15-37(23-33)47(57)51(3)41-19-9-17-39(49)27-41;/h5-28,31-32,45-46,55-56H,29-30H2,1-4H3;1H/t31-,32+,45?,46?;. The van der Waals surface area contributed by atoms with Crippen molar-refractivity contribution < 1.29 is 28.6 Å². The second kappa shape index (κ2) is 18.2. The van der Waals surface area contributed by atoms with Crippen LogP contribution >= 0.6 is 12.4 Å². The van der Waals surface area contributed by atoms with Crippen molar-refractivity contribution in [2.75, 3.05) is 37.0 Å². The fourth-order valence-electron chi connectivity index (χ4n) is 8.12. The Kier molecular flexibility index (Phi) is 13.2. The highest BCUT2D eigenvalue weighted by atomic mass is 35.5. The quantitative estimate of drug-likeness (QED) is 0.143. The summed E-state index contributed by atoms with van der Waals surface area (Å²) in [6.45, 7) is 5.46. The number of piperazine rings is 1. The van der Waals surface area contributed by atoms with E-state index in [-0.39, 0.29) is 59.9 Å². The molecule has 2 amide bonds. The summed E-state index contributed by atoms with van der Waals surface area (Å²) in [7, 11) is 3.24. The van der Waals surface area contributed by atoms with E-state index in [9.17, 15) is 28.6 Å². The number of nitrogens with zero attached hydrogens (tertiary/aromatic N) is 4. The maximum absolute atomic E-state index is 14.1. The third kappa shape index (κ3) is 9.31. The number of aromatic hydroxyl groups is 2. The lowest BCUT2D eigenvalue weighted by atomic mass is 9.89. The first-order valence-electron chi connectivity index (χ1n) is 19.2. The molecular formula is C48H47ClF2N4O4. The average molecular weight is 817 g/mol. The summed E-state index contributed by atoms with van der Waals surface area (Å²) in [6.07, 6.45) is 0. The number of amides is 2. The maximum Gasteiger partial charge on any atom is 0.258 e. The van der Waals surface area contributed by atoms with Crippen LogP contribution in [-0.2, 0) is 0 Å². The molecule has 6 aromatic rings. The van der Waals surface area contributed by atoms with E-state index in [1.807, 2.05) is 60.7 Å². The second-order valence-electron chi connectivity index (χ2n) is 15.0. The third-order valence-electron chi connectivity index (χ3n) is 11.0. The SMILES string of the molecule is C[C@@H]1CN(C(c2cccc(O)c2)c2cccc(C(=O)N(C)c3cccc(F)c3)c2)[C@@H](C)CN1C(c1cccc(O)c1)c1cccc(C(=O)N(C)c2cccc(F)c2)c1.Cl. The zero-order valence-corrected chi connectivity index (χ0v) is 34.1. The predicted octanol–water partition coefficient (Wildman–Crippen LogP) is 9.62. The lowest BCUT2D eigenvalue weighted by Gasteiger charge is -2.50. The van der Waals surface area contributed by atoms with Crippen molar-refractivity contribution in [1.82, 2.24) is 9.80 Å². The van der Waals surface area contributed by atoms with Crippen LogP contribution in [-0.4, -0.2) is 71.1 Å². The van der Waals surface area contributed by atoms with Crippen LogP contribution in [0.4, 0.5) is 20.2 Å². The highest BCUT2D eigenvalue weighted by Crippen LogP contribution is 2.40. The number of hydrogen-bond donors (Lipinski definition) is 2. The van der Waals surface area contributed by atoms with Crippen LogP contribution in [0.5, 0.6) is 11.5 Å². The fraction of sp³-hybridized carbons (Fsp3) is 0.208. The topological polar surface area (TPSA) is 87.6 Å². The monoisotopic (exact) mass is 816 g/mol. The van der Waals surface area contributed by atoms with Gasteiger partial charge in [0.25, 0.3) is 11.8 Å². The Morgan fingerprint density at radius 2 is 0.881 bits per heavy atom. The molecule has 1 saturated heterocycles. The number of phenols is 2. The molecule has 11 heteroatoms. The van der Waals surface area contributed by atoms with Crippen molar-refractivity contribution >= 4 is 35.6 Å². The number of hydrogen-bond acceptors (Lipinski definition) is 6. The Labute approximate surface area is 350 Å². The molecular weight excluding hydrogens is 770 g/mol. The molecule has 1 aliphatic heterocycles. The molecule has 1 heterocycles. The van der Waals surface area contributed by atoms with Gasteiger partial charge in [-0.05, 0) is 121 Å². The minimum Gasteiger partial charge on any atom is -0.508 e. The first kappa shape index (κ1) is 42.5. The van der Waals surface area contributed by atoms with Gasteiger partial charge in [0.2, 0.25) is 0 Å². The van der Waals surface area contributed by atoms with Crippen molar-refractivity contribution in [2.45, 2.75) is 38.0 Å². The maximum atomic E-state index is 14.1. The molecule has 0 aromatic heterocycles. The van der Waals surface area contributed by atoms with Crippen molar-refractivity contribution in [3.05, 3.63) is 191 Å². The summed E-state index contributed by atoms with van der Waals surface area (Å²) in [6, 6.07) is 40.2. The van der Waals surface area contributed by atoms with Crippen LogP contribution in [0.1, 0.15) is 68.9 Å². The van der Waals surface area contributed by atoms with E-state index in [1.165, 1.54) is 34.1 Å². The smallest absolute Gasteiger partial charge is 0.258 e. The molecule has 2 unspecified atom stereocenters. The summed E-state index contributed by atoms with van der Waals surface area (Å²) in [4.78, 5) is 35.2. The van der Waals surface area contributed by atoms with Crippen LogP contribution in [0.15, 0.2) is 146 Å². The lowest BCUT2D eigenvalue weighted by Crippen LogP contribution is -2.58. The molecule has 8 nitrogen and oxygen atoms in total.